The molecule has 6 atom stereocenters. The average molecular weight is 407 g/mol. The van der Waals surface area contributed by atoms with Gasteiger partial charge in [-0.2, -0.15) is 0 Å². The summed E-state index contributed by atoms with van der Waals surface area (Å²) in [5.74, 6) is -0.697. The molecule has 2 saturated heterocycles. The molecule has 6 nitrogen and oxygen atoms in total. The summed E-state index contributed by atoms with van der Waals surface area (Å²) in [5.41, 5.74) is 1.76. The van der Waals surface area contributed by atoms with Crippen LogP contribution >= 0.6 is 0 Å². The molecular weight excluding hydrogens is 382 g/mol. The number of hydrogen-bond donors (Lipinski definition) is 0. The molecule has 5 aliphatic rings. The van der Waals surface area contributed by atoms with E-state index in [0.717, 1.165) is 17.6 Å². The molecule has 1 aromatic rings. The molecule has 6 heteroatoms. The summed E-state index contributed by atoms with van der Waals surface area (Å²) < 4.78 is 17.5. The maximum Gasteiger partial charge on any atom is 0.331 e. The maximum atomic E-state index is 13.5. The van der Waals surface area contributed by atoms with Crippen molar-refractivity contribution >= 4 is 17.7 Å². The second-order valence-corrected chi connectivity index (χ2v) is 9.84. The second kappa shape index (κ2) is 6.03. The topological polar surface area (TPSA) is 74.2 Å². The highest BCUT2D eigenvalue weighted by Gasteiger charge is 2.74. The molecule has 0 bridgehead atoms. The third-order valence-corrected chi connectivity index (χ3v) is 7.78. The number of fused-ring (bicyclic) bond motifs is 1. The van der Waals surface area contributed by atoms with Crippen molar-refractivity contribution in [2.45, 2.75) is 51.5 Å². The van der Waals surface area contributed by atoms with Crippen molar-refractivity contribution in [1.82, 2.24) is 0 Å². The molecule has 0 radical (unpaired) electrons. The van der Waals surface area contributed by atoms with Crippen LogP contribution in [0.1, 0.15) is 32.3 Å². The van der Waals surface area contributed by atoms with Gasteiger partial charge in [-0.1, -0.05) is 50.3 Å². The normalized spacial score (nSPS) is 40.4. The summed E-state index contributed by atoms with van der Waals surface area (Å²) in [5, 5.41) is 0. The standard InChI is InChI=1S/C24H25NO5/c1-23(2)11-16-19(25-15(20(26)29-16)10-13-6-4-3-5-7-13)24-17(23)9-8-14-12-28-21(18(14)24)30-22(24)27/h3-8,15-18,21H,9-12H2,1-2H3/t15-,16-,17-,18+,21?,24+/m0/s1. The van der Waals surface area contributed by atoms with Crippen LogP contribution < -0.4 is 0 Å². The fraction of sp³-hybridized carbons (Fsp3) is 0.542. The van der Waals surface area contributed by atoms with Crippen LogP contribution in [0.25, 0.3) is 0 Å². The molecule has 6 rings (SSSR count). The minimum atomic E-state index is -0.896. The lowest BCUT2D eigenvalue weighted by atomic mass is 9.47. The first-order valence-electron chi connectivity index (χ1n) is 10.8. The van der Waals surface area contributed by atoms with Crippen molar-refractivity contribution in [2.75, 3.05) is 6.61 Å². The number of carbonyl (C=O) groups excluding carboxylic acids is 2. The summed E-state index contributed by atoms with van der Waals surface area (Å²) in [6.07, 6.45) is 3.09. The number of ether oxygens (including phenoxy) is 3. The number of rotatable bonds is 2. The summed E-state index contributed by atoms with van der Waals surface area (Å²) in [6, 6.07) is 9.17. The summed E-state index contributed by atoms with van der Waals surface area (Å²) in [6.45, 7) is 4.81. The molecule has 0 amide bonds. The van der Waals surface area contributed by atoms with E-state index >= 15 is 0 Å². The highest BCUT2D eigenvalue weighted by molar-refractivity contribution is 6.14. The minimum absolute atomic E-state index is 0.0436. The fourth-order valence-corrected chi connectivity index (χ4v) is 6.53. The zero-order chi connectivity index (χ0) is 20.7. The van der Waals surface area contributed by atoms with Crippen LogP contribution in [0, 0.1) is 22.7 Å². The monoisotopic (exact) mass is 407 g/mol. The first-order chi connectivity index (χ1) is 14.4. The second-order valence-electron chi connectivity index (χ2n) is 9.84. The van der Waals surface area contributed by atoms with Crippen molar-refractivity contribution in [3.63, 3.8) is 0 Å². The Morgan fingerprint density at radius 1 is 1.13 bits per heavy atom. The first kappa shape index (κ1) is 18.3. The Bertz CT molecular complexity index is 996. The van der Waals surface area contributed by atoms with E-state index < -0.39 is 23.9 Å². The predicted octanol–water partition coefficient (Wildman–Crippen LogP) is 2.86. The van der Waals surface area contributed by atoms with Crippen molar-refractivity contribution in [2.24, 2.45) is 27.7 Å². The Hall–Kier alpha value is -2.47. The van der Waals surface area contributed by atoms with E-state index in [0.29, 0.717) is 25.2 Å². The van der Waals surface area contributed by atoms with Gasteiger partial charge < -0.3 is 14.2 Å². The Morgan fingerprint density at radius 3 is 2.73 bits per heavy atom. The van der Waals surface area contributed by atoms with Crippen LogP contribution in [0.15, 0.2) is 47.0 Å². The van der Waals surface area contributed by atoms with E-state index in [1.165, 1.54) is 0 Å². The predicted molar refractivity (Wildman–Crippen MR) is 108 cm³/mol. The van der Waals surface area contributed by atoms with E-state index in [9.17, 15) is 9.59 Å². The molecule has 3 heterocycles. The minimum Gasteiger partial charge on any atom is -0.455 e. The fourth-order valence-electron chi connectivity index (χ4n) is 6.53. The van der Waals surface area contributed by atoms with Gasteiger partial charge in [0, 0.05) is 6.42 Å². The maximum absolute atomic E-state index is 13.5. The molecule has 3 aliphatic heterocycles. The Morgan fingerprint density at radius 2 is 1.93 bits per heavy atom. The van der Waals surface area contributed by atoms with E-state index in [-0.39, 0.29) is 29.2 Å². The summed E-state index contributed by atoms with van der Waals surface area (Å²) in [4.78, 5) is 31.3. The lowest BCUT2D eigenvalue weighted by Crippen LogP contribution is -2.64. The summed E-state index contributed by atoms with van der Waals surface area (Å²) in [7, 11) is 0. The third kappa shape index (κ3) is 2.26. The number of benzene rings is 1. The molecule has 30 heavy (non-hydrogen) atoms. The van der Waals surface area contributed by atoms with Gasteiger partial charge in [0.05, 0.1) is 18.2 Å². The molecule has 1 saturated carbocycles. The van der Waals surface area contributed by atoms with Gasteiger partial charge in [0.2, 0.25) is 6.29 Å². The van der Waals surface area contributed by atoms with Crippen LogP contribution in [-0.2, 0) is 30.2 Å². The van der Waals surface area contributed by atoms with Crippen molar-refractivity contribution in [1.29, 1.82) is 0 Å². The van der Waals surface area contributed by atoms with Crippen molar-refractivity contribution < 1.29 is 23.8 Å². The smallest absolute Gasteiger partial charge is 0.331 e. The lowest BCUT2D eigenvalue weighted by molar-refractivity contribution is -0.166. The number of carbonyl (C=O) groups is 2. The van der Waals surface area contributed by atoms with E-state index in [1.54, 1.807) is 0 Å². The molecule has 1 spiro atoms. The zero-order valence-corrected chi connectivity index (χ0v) is 17.2. The van der Waals surface area contributed by atoms with Crippen LogP contribution in [0.3, 0.4) is 0 Å². The quantitative estimate of drug-likeness (QED) is 0.557. The van der Waals surface area contributed by atoms with Gasteiger partial charge in [-0.3, -0.25) is 9.79 Å². The van der Waals surface area contributed by atoms with Crippen LogP contribution in [0.5, 0.6) is 0 Å². The Labute approximate surface area is 175 Å². The molecule has 0 N–H and O–H groups in total. The van der Waals surface area contributed by atoms with E-state index in [2.05, 4.69) is 19.9 Å². The molecule has 2 aliphatic carbocycles. The van der Waals surface area contributed by atoms with Crippen LogP contribution in [0.2, 0.25) is 0 Å². The van der Waals surface area contributed by atoms with Crippen LogP contribution in [0.4, 0.5) is 0 Å². The Balaban J connectivity index is 1.50. The molecular formula is C24H25NO5. The molecule has 1 aromatic carbocycles. The molecule has 1 unspecified atom stereocenters. The molecule has 156 valence electrons. The first-order valence-corrected chi connectivity index (χ1v) is 10.8. The van der Waals surface area contributed by atoms with Gasteiger partial charge in [-0.05, 0) is 35.3 Å². The molecule has 0 aromatic heterocycles. The van der Waals surface area contributed by atoms with Crippen molar-refractivity contribution in [3.8, 4) is 0 Å². The van der Waals surface area contributed by atoms with Gasteiger partial charge in [-0.15, -0.1) is 0 Å². The highest BCUT2D eigenvalue weighted by atomic mass is 16.7. The SMILES string of the molecule is CC1(C)C[C@@H]2OC(=O)[C@H](Cc3ccccc3)N=C2[C@@]23C(=O)OC4OCC(=CC[C@@H]12)[C@H]43. The van der Waals surface area contributed by atoms with Gasteiger partial charge in [-0.25, -0.2) is 4.79 Å². The third-order valence-electron chi connectivity index (χ3n) is 7.78. The Kier molecular flexibility index (Phi) is 3.68. The zero-order valence-electron chi connectivity index (χ0n) is 17.2. The van der Waals surface area contributed by atoms with Gasteiger partial charge >= 0.3 is 11.9 Å². The number of allylic oxidation sites excluding steroid dienone is 1. The summed E-state index contributed by atoms with van der Waals surface area (Å²) >= 11 is 0. The number of hydrogen-bond acceptors (Lipinski definition) is 6. The van der Waals surface area contributed by atoms with E-state index in [4.69, 9.17) is 19.2 Å². The van der Waals surface area contributed by atoms with Gasteiger partial charge in [0.25, 0.3) is 0 Å². The van der Waals surface area contributed by atoms with E-state index in [1.807, 2.05) is 30.3 Å². The number of aliphatic imine (C=N–C) groups is 1. The highest BCUT2D eigenvalue weighted by Crippen LogP contribution is 2.65. The van der Waals surface area contributed by atoms with Gasteiger partial charge in [0.15, 0.2) is 6.04 Å². The number of nitrogens with zero attached hydrogens (tertiary/aromatic N) is 1. The lowest BCUT2D eigenvalue weighted by Gasteiger charge is -2.55. The number of esters is 2. The molecule has 3 fully saturated rings. The van der Waals surface area contributed by atoms with Crippen LogP contribution in [-0.4, -0.2) is 42.7 Å². The average Bonchev–Trinajstić information content (AvgIpc) is 3.25. The van der Waals surface area contributed by atoms with Gasteiger partial charge in [0.1, 0.15) is 11.5 Å². The largest absolute Gasteiger partial charge is 0.455 e. The van der Waals surface area contributed by atoms with Crippen molar-refractivity contribution in [3.05, 3.63) is 47.5 Å².